The zero-order valence-corrected chi connectivity index (χ0v) is 19.2. The molecule has 0 saturated heterocycles. The van der Waals surface area contributed by atoms with Crippen LogP contribution >= 0.6 is 11.3 Å². The van der Waals surface area contributed by atoms with E-state index in [0.717, 1.165) is 34.5 Å². The molecular weight excluding hydrogens is 408 g/mol. The molecule has 1 aliphatic rings. The highest BCUT2D eigenvalue weighted by atomic mass is 32.1. The Kier molecular flexibility index (Phi) is 6.28. The van der Waals surface area contributed by atoms with Crippen molar-refractivity contribution >= 4 is 27.5 Å². The van der Waals surface area contributed by atoms with E-state index in [-0.39, 0.29) is 17.7 Å². The third-order valence-corrected chi connectivity index (χ3v) is 7.17. The molecule has 2 unspecified atom stereocenters. The number of rotatable bonds is 6. The van der Waals surface area contributed by atoms with Crippen molar-refractivity contribution in [1.29, 1.82) is 0 Å². The molecule has 1 aromatic heterocycles. The van der Waals surface area contributed by atoms with Crippen molar-refractivity contribution in [3.8, 4) is 11.5 Å². The Bertz CT molecular complexity index is 1090. The second-order valence-corrected chi connectivity index (χ2v) is 9.07. The summed E-state index contributed by atoms with van der Waals surface area (Å²) in [6.07, 6.45) is 5.90. The fourth-order valence-corrected chi connectivity index (χ4v) is 5.36. The lowest BCUT2D eigenvalue weighted by Gasteiger charge is -2.30. The number of allylic oxidation sites excluding steroid dienone is 2. The van der Waals surface area contributed by atoms with Gasteiger partial charge in [0.15, 0.2) is 11.5 Å². The minimum Gasteiger partial charge on any atom is -0.493 e. The molecule has 5 nitrogen and oxygen atoms in total. The molecule has 0 spiro atoms. The van der Waals surface area contributed by atoms with Crippen LogP contribution in [0, 0.1) is 12.8 Å². The van der Waals surface area contributed by atoms with E-state index in [9.17, 15) is 4.79 Å². The van der Waals surface area contributed by atoms with E-state index < -0.39 is 0 Å². The first-order valence-corrected chi connectivity index (χ1v) is 11.3. The van der Waals surface area contributed by atoms with Crippen molar-refractivity contribution in [3.05, 3.63) is 64.7 Å². The van der Waals surface area contributed by atoms with Crippen molar-refractivity contribution in [2.45, 2.75) is 32.2 Å². The zero-order chi connectivity index (χ0) is 22.0. The van der Waals surface area contributed by atoms with Gasteiger partial charge >= 0.3 is 0 Å². The molecule has 0 radical (unpaired) electrons. The van der Waals surface area contributed by atoms with Crippen LogP contribution in [0.3, 0.4) is 0 Å². The minimum absolute atomic E-state index is 0.101. The van der Waals surface area contributed by atoms with E-state index in [4.69, 9.17) is 14.5 Å². The number of fused-ring (bicyclic) bond motifs is 1. The lowest BCUT2D eigenvalue weighted by atomic mass is 9.82. The number of carbonyl (C=O) groups excluding carboxylic acids is 1. The number of carbonyl (C=O) groups is 1. The molecule has 0 fully saturated rings. The Balaban J connectivity index is 1.56. The molecule has 2 aromatic carbocycles. The number of ether oxygens (including phenoxy) is 2. The summed E-state index contributed by atoms with van der Waals surface area (Å²) in [5.74, 6) is 1.55. The van der Waals surface area contributed by atoms with Gasteiger partial charge in [-0.1, -0.05) is 24.3 Å². The number of para-hydroxylation sites is 1. The summed E-state index contributed by atoms with van der Waals surface area (Å²) >= 11 is 1.71. The topological polar surface area (TPSA) is 51.7 Å². The van der Waals surface area contributed by atoms with Crippen LogP contribution in [0.4, 0.5) is 0 Å². The van der Waals surface area contributed by atoms with Crippen LogP contribution in [0.25, 0.3) is 10.2 Å². The molecule has 0 N–H and O–H groups in total. The van der Waals surface area contributed by atoms with Crippen LogP contribution in [0.2, 0.25) is 0 Å². The van der Waals surface area contributed by atoms with E-state index in [1.54, 1.807) is 25.6 Å². The average Bonchev–Trinajstić information content (AvgIpc) is 3.23. The predicted molar refractivity (Wildman–Crippen MR) is 125 cm³/mol. The molecule has 2 atom stereocenters. The number of thiazole rings is 1. The summed E-state index contributed by atoms with van der Waals surface area (Å²) in [6, 6.07) is 12.1. The average molecular weight is 437 g/mol. The van der Waals surface area contributed by atoms with Crippen LogP contribution in [-0.2, 0) is 11.3 Å². The Morgan fingerprint density at radius 2 is 1.84 bits per heavy atom. The maximum atomic E-state index is 13.5. The molecule has 0 aliphatic heterocycles. The quantitative estimate of drug-likeness (QED) is 0.490. The van der Waals surface area contributed by atoms with Gasteiger partial charge in [-0.2, -0.15) is 0 Å². The van der Waals surface area contributed by atoms with Crippen molar-refractivity contribution in [3.63, 3.8) is 0 Å². The molecule has 1 heterocycles. The van der Waals surface area contributed by atoms with Crippen LogP contribution < -0.4 is 9.47 Å². The summed E-state index contributed by atoms with van der Waals surface area (Å²) in [7, 11) is 5.14. The third-order valence-electron chi connectivity index (χ3n) is 6.00. The van der Waals surface area contributed by atoms with E-state index >= 15 is 0 Å². The number of aryl methyl sites for hydroxylation is 1. The zero-order valence-electron chi connectivity index (χ0n) is 18.4. The van der Waals surface area contributed by atoms with Crippen molar-refractivity contribution in [2.24, 2.45) is 5.92 Å². The Hall–Kier alpha value is -2.86. The van der Waals surface area contributed by atoms with Crippen LogP contribution in [-0.4, -0.2) is 37.1 Å². The predicted octanol–water partition coefficient (Wildman–Crippen LogP) is 5.33. The van der Waals surface area contributed by atoms with Gasteiger partial charge in [0.2, 0.25) is 5.91 Å². The second kappa shape index (κ2) is 9.10. The SMILES string of the molecule is COc1cc(C)c(CN(C)C(=O)C2CC=CCC2c2nc3ccccc3s2)cc1OC. The Labute approximate surface area is 187 Å². The van der Waals surface area contributed by atoms with Gasteiger partial charge in [-0.25, -0.2) is 4.98 Å². The van der Waals surface area contributed by atoms with Gasteiger partial charge in [-0.15, -0.1) is 11.3 Å². The number of aromatic nitrogens is 1. The largest absolute Gasteiger partial charge is 0.493 e. The molecular formula is C25H28N2O3S. The molecule has 31 heavy (non-hydrogen) atoms. The number of hydrogen-bond donors (Lipinski definition) is 0. The molecule has 0 saturated carbocycles. The normalized spacial score (nSPS) is 18.2. The van der Waals surface area contributed by atoms with Gasteiger partial charge in [0, 0.05) is 19.5 Å². The summed E-state index contributed by atoms with van der Waals surface area (Å²) < 4.78 is 12.0. The summed E-state index contributed by atoms with van der Waals surface area (Å²) in [6.45, 7) is 2.56. The molecule has 3 aromatic rings. The fourth-order valence-electron chi connectivity index (χ4n) is 4.22. The number of hydrogen-bond acceptors (Lipinski definition) is 5. The summed E-state index contributed by atoms with van der Waals surface area (Å²) in [5, 5.41) is 1.06. The van der Waals surface area contributed by atoms with E-state index in [1.807, 2.05) is 49.2 Å². The molecule has 1 aliphatic carbocycles. The van der Waals surface area contributed by atoms with Gasteiger partial charge in [-0.3, -0.25) is 4.79 Å². The summed E-state index contributed by atoms with van der Waals surface area (Å²) in [5.41, 5.74) is 3.14. The minimum atomic E-state index is -0.101. The van der Waals surface area contributed by atoms with E-state index in [0.29, 0.717) is 18.0 Å². The van der Waals surface area contributed by atoms with Crippen molar-refractivity contribution in [1.82, 2.24) is 9.88 Å². The lowest BCUT2D eigenvalue weighted by molar-refractivity contribution is -0.135. The van der Waals surface area contributed by atoms with Gasteiger partial charge in [-0.05, 0) is 55.2 Å². The first-order chi connectivity index (χ1) is 15.0. The highest BCUT2D eigenvalue weighted by Gasteiger charge is 2.34. The molecule has 6 heteroatoms. The maximum absolute atomic E-state index is 13.5. The van der Waals surface area contributed by atoms with Gasteiger partial charge in [0.1, 0.15) is 0 Å². The first-order valence-electron chi connectivity index (χ1n) is 10.5. The standard InChI is InChI=1S/C25H28N2O3S/c1-16-13-21(29-3)22(30-4)14-17(16)15-27(2)25(28)19-10-6-5-9-18(19)24-26-20-11-7-8-12-23(20)31-24/h5-8,11-14,18-19H,9-10,15H2,1-4H3. The van der Waals surface area contributed by atoms with E-state index in [2.05, 4.69) is 18.2 Å². The number of nitrogens with zero attached hydrogens (tertiary/aromatic N) is 2. The third kappa shape index (κ3) is 4.30. The number of amides is 1. The Morgan fingerprint density at radius 3 is 2.58 bits per heavy atom. The fraction of sp³-hybridized carbons (Fsp3) is 0.360. The highest BCUT2D eigenvalue weighted by molar-refractivity contribution is 7.18. The van der Waals surface area contributed by atoms with Crippen LogP contribution in [0.5, 0.6) is 11.5 Å². The van der Waals surface area contributed by atoms with Gasteiger partial charge in [0.05, 0.1) is 35.4 Å². The smallest absolute Gasteiger partial charge is 0.226 e. The van der Waals surface area contributed by atoms with E-state index in [1.165, 1.54) is 4.70 Å². The van der Waals surface area contributed by atoms with Crippen molar-refractivity contribution < 1.29 is 14.3 Å². The number of benzene rings is 2. The van der Waals surface area contributed by atoms with Crippen molar-refractivity contribution in [2.75, 3.05) is 21.3 Å². The maximum Gasteiger partial charge on any atom is 0.226 e. The second-order valence-electron chi connectivity index (χ2n) is 8.00. The monoisotopic (exact) mass is 436 g/mol. The van der Waals surface area contributed by atoms with Crippen LogP contribution in [0.1, 0.15) is 34.9 Å². The molecule has 162 valence electrons. The number of methoxy groups -OCH3 is 2. The first kappa shape index (κ1) is 21.4. The van der Waals surface area contributed by atoms with Gasteiger partial charge < -0.3 is 14.4 Å². The molecule has 0 bridgehead atoms. The molecule has 4 rings (SSSR count). The molecule has 1 amide bonds. The summed E-state index contributed by atoms with van der Waals surface area (Å²) in [4.78, 5) is 20.2. The van der Waals surface area contributed by atoms with Gasteiger partial charge in [0.25, 0.3) is 0 Å². The lowest BCUT2D eigenvalue weighted by Crippen LogP contribution is -2.36. The van der Waals surface area contributed by atoms with Crippen LogP contribution in [0.15, 0.2) is 48.6 Å². The Morgan fingerprint density at radius 1 is 1.13 bits per heavy atom. The highest BCUT2D eigenvalue weighted by Crippen LogP contribution is 2.39.